The Morgan fingerprint density at radius 2 is 2.20 bits per heavy atom. The Labute approximate surface area is 76.3 Å². The van der Waals surface area contributed by atoms with Gasteiger partial charge in [-0.05, 0) is 37.9 Å². The highest BCUT2D eigenvalue weighted by Crippen LogP contribution is 2.22. The highest BCUT2D eigenvalue weighted by atomic mass is 79.9. The summed E-state index contributed by atoms with van der Waals surface area (Å²) in [6.07, 6.45) is 1.74. The van der Waals surface area contributed by atoms with Crippen LogP contribution in [0.15, 0.2) is 21.3 Å². The van der Waals surface area contributed by atoms with Crippen molar-refractivity contribution in [3.05, 3.63) is 21.3 Å². The number of nitrogens with one attached hydrogen (secondary N) is 1. The predicted octanol–water partition coefficient (Wildman–Crippen LogP) is 2.65. The molecule has 2 nitrogen and oxygen atoms in total. The molecule has 0 unspecified atom stereocenters. The fraction of sp³-hybridized carbons (Fsp3) is 0.167. The summed E-state index contributed by atoms with van der Waals surface area (Å²) in [5.41, 5.74) is 0.981. The fourth-order valence-corrected chi connectivity index (χ4v) is 1.34. The van der Waals surface area contributed by atoms with Crippen molar-refractivity contribution < 1.29 is 0 Å². The molecule has 54 valence electrons. The molecule has 0 saturated heterocycles. The van der Waals surface area contributed by atoms with Crippen LogP contribution < -0.4 is 5.32 Å². The lowest BCUT2D eigenvalue weighted by molar-refractivity contribution is 1.25. The first-order valence-corrected chi connectivity index (χ1v) is 4.31. The molecule has 10 heavy (non-hydrogen) atoms. The van der Waals surface area contributed by atoms with Crippen molar-refractivity contribution in [2.45, 2.75) is 0 Å². The molecule has 0 amide bonds. The van der Waals surface area contributed by atoms with E-state index in [9.17, 15) is 0 Å². The van der Waals surface area contributed by atoms with Gasteiger partial charge in [-0.25, -0.2) is 4.98 Å². The number of rotatable bonds is 1. The van der Waals surface area contributed by atoms with Crippen LogP contribution in [0, 0.1) is 0 Å². The van der Waals surface area contributed by atoms with Crippen LogP contribution in [0.2, 0.25) is 0 Å². The lowest BCUT2D eigenvalue weighted by atomic mass is 10.4. The summed E-state index contributed by atoms with van der Waals surface area (Å²) >= 11 is 6.61. The van der Waals surface area contributed by atoms with E-state index < -0.39 is 0 Å². The van der Waals surface area contributed by atoms with Gasteiger partial charge in [-0.15, -0.1) is 0 Å². The maximum absolute atomic E-state index is 4.06. The Hall–Kier alpha value is -0.0900. The van der Waals surface area contributed by atoms with Crippen molar-refractivity contribution in [1.29, 1.82) is 0 Å². The van der Waals surface area contributed by atoms with E-state index in [1.807, 2.05) is 13.1 Å². The van der Waals surface area contributed by atoms with Crippen molar-refractivity contribution in [3.63, 3.8) is 0 Å². The summed E-state index contributed by atoms with van der Waals surface area (Å²) in [6.45, 7) is 0. The van der Waals surface area contributed by atoms with Crippen molar-refractivity contribution in [1.82, 2.24) is 4.98 Å². The van der Waals surface area contributed by atoms with E-state index in [0.717, 1.165) is 14.8 Å². The molecule has 0 saturated carbocycles. The van der Waals surface area contributed by atoms with Crippen LogP contribution in [0.5, 0.6) is 0 Å². The number of hydrogen-bond donors (Lipinski definition) is 1. The monoisotopic (exact) mass is 264 g/mol. The zero-order valence-electron chi connectivity index (χ0n) is 5.36. The molecular weight excluding hydrogens is 260 g/mol. The second-order valence-corrected chi connectivity index (χ2v) is 3.41. The number of anilines is 1. The van der Waals surface area contributed by atoms with Crippen LogP contribution in [0.4, 0.5) is 5.69 Å². The zero-order valence-corrected chi connectivity index (χ0v) is 8.53. The van der Waals surface area contributed by atoms with Gasteiger partial charge in [-0.3, -0.25) is 0 Å². The molecule has 1 N–H and O–H groups in total. The molecule has 0 radical (unpaired) electrons. The third-order valence-electron chi connectivity index (χ3n) is 1.08. The van der Waals surface area contributed by atoms with Crippen LogP contribution in [-0.2, 0) is 0 Å². The maximum atomic E-state index is 4.06. The highest BCUT2D eigenvalue weighted by molar-refractivity contribution is 9.11. The van der Waals surface area contributed by atoms with Crippen LogP contribution in [-0.4, -0.2) is 12.0 Å². The van der Waals surface area contributed by atoms with Gasteiger partial charge < -0.3 is 5.32 Å². The lowest BCUT2D eigenvalue weighted by Crippen LogP contribution is -1.90. The number of nitrogens with zero attached hydrogens (tertiary/aromatic N) is 1. The molecule has 1 rings (SSSR count). The van der Waals surface area contributed by atoms with Crippen molar-refractivity contribution in [2.75, 3.05) is 12.4 Å². The third-order valence-corrected chi connectivity index (χ3v) is 2.14. The van der Waals surface area contributed by atoms with Gasteiger partial charge in [0.2, 0.25) is 0 Å². The quantitative estimate of drug-likeness (QED) is 0.790. The van der Waals surface area contributed by atoms with E-state index in [-0.39, 0.29) is 0 Å². The minimum absolute atomic E-state index is 0.832. The number of halogens is 2. The topological polar surface area (TPSA) is 24.9 Å². The van der Waals surface area contributed by atoms with Gasteiger partial charge in [0, 0.05) is 17.7 Å². The minimum Gasteiger partial charge on any atom is -0.386 e. The molecule has 0 spiro atoms. The summed E-state index contributed by atoms with van der Waals surface area (Å²) < 4.78 is 1.80. The molecule has 0 aliphatic heterocycles. The normalized spacial score (nSPS) is 9.50. The van der Waals surface area contributed by atoms with Crippen LogP contribution >= 0.6 is 31.9 Å². The Balaban J connectivity index is 3.09. The molecule has 0 atom stereocenters. The number of pyridine rings is 1. The van der Waals surface area contributed by atoms with E-state index in [1.165, 1.54) is 0 Å². The van der Waals surface area contributed by atoms with E-state index in [0.29, 0.717) is 0 Å². The second-order valence-electron chi connectivity index (χ2n) is 1.74. The lowest BCUT2D eigenvalue weighted by Gasteiger charge is -2.01. The van der Waals surface area contributed by atoms with Gasteiger partial charge in [0.15, 0.2) is 0 Å². The number of aromatic nitrogens is 1. The van der Waals surface area contributed by atoms with E-state index in [4.69, 9.17) is 0 Å². The maximum Gasteiger partial charge on any atom is 0.129 e. The smallest absolute Gasteiger partial charge is 0.129 e. The van der Waals surface area contributed by atoms with Gasteiger partial charge in [0.25, 0.3) is 0 Å². The van der Waals surface area contributed by atoms with Gasteiger partial charge >= 0.3 is 0 Å². The summed E-state index contributed by atoms with van der Waals surface area (Å²) in [5, 5.41) is 3.00. The van der Waals surface area contributed by atoms with Gasteiger partial charge in [-0.2, -0.15) is 0 Å². The number of hydrogen-bond acceptors (Lipinski definition) is 2. The van der Waals surface area contributed by atoms with Crippen molar-refractivity contribution >= 4 is 37.5 Å². The highest BCUT2D eigenvalue weighted by Gasteiger charge is 1.97. The Kier molecular flexibility index (Phi) is 2.68. The van der Waals surface area contributed by atoms with Crippen molar-refractivity contribution in [3.8, 4) is 0 Å². The zero-order chi connectivity index (χ0) is 7.56. The minimum atomic E-state index is 0.832. The summed E-state index contributed by atoms with van der Waals surface area (Å²) in [5.74, 6) is 0. The van der Waals surface area contributed by atoms with E-state index >= 15 is 0 Å². The second kappa shape index (κ2) is 3.34. The summed E-state index contributed by atoms with van der Waals surface area (Å²) in [4.78, 5) is 4.06. The van der Waals surface area contributed by atoms with Gasteiger partial charge in [-0.1, -0.05) is 0 Å². The molecule has 1 aromatic heterocycles. The standard InChI is InChI=1S/C6H6Br2N2/c1-9-5-2-4(7)3-10-6(5)8/h2-3,9H,1H3. The molecule has 0 aliphatic carbocycles. The van der Waals surface area contributed by atoms with E-state index in [1.54, 1.807) is 6.20 Å². The first kappa shape index (κ1) is 8.01. The molecule has 0 aromatic carbocycles. The molecule has 0 fully saturated rings. The summed E-state index contributed by atoms with van der Waals surface area (Å²) in [6, 6.07) is 1.96. The average Bonchev–Trinajstić information content (AvgIpc) is 1.94. The van der Waals surface area contributed by atoms with Crippen LogP contribution in [0.3, 0.4) is 0 Å². The van der Waals surface area contributed by atoms with E-state index in [2.05, 4.69) is 42.2 Å². The molecule has 0 bridgehead atoms. The SMILES string of the molecule is CNc1cc(Br)cnc1Br. The average molecular weight is 266 g/mol. The van der Waals surface area contributed by atoms with Crippen molar-refractivity contribution in [2.24, 2.45) is 0 Å². The summed E-state index contributed by atoms with van der Waals surface area (Å²) in [7, 11) is 1.86. The first-order chi connectivity index (χ1) is 4.74. The third kappa shape index (κ3) is 1.70. The molecule has 1 aromatic rings. The Morgan fingerprint density at radius 3 is 2.70 bits per heavy atom. The molecule has 0 aliphatic rings. The fourth-order valence-electron chi connectivity index (χ4n) is 0.598. The molecular formula is C6H6Br2N2. The van der Waals surface area contributed by atoms with Gasteiger partial charge in [0.1, 0.15) is 4.60 Å². The van der Waals surface area contributed by atoms with Gasteiger partial charge in [0.05, 0.1) is 5.69 Å². The first-order valence-electron chi connectivity index (χ1n) is 2.73. The van der Waals surface area contributed by atoms with Crippen LogP contribution in [0.25, 0.3) is 0 Å². The Bertz CT molecular complexity index is 237. The largest absolute Gasteiger partial charge is 0.386 e. The van der Waals surface area contributed by atoms with Crippen LogP contribution in [0.1, 0.15) is 0 Å². The predicted molar refractivity (Wildman–Crippen MR) is 49.2 cm³/mol. The molecule has 1 heterocycles. The molecule has 4 heteroatoms. The Morgan fingerprint density at radius 1 is 1.50 bits per heavy atom.